The number of aromatic nitrogens is 1. The third-order valence-electron chi connectivity index (χ3n) is 2.63. The molecule has 1 unspecified atom stereocenters. The minimum absolute atomic E-state index is 0.0891. The van der Waals surface area contributed by atoms with Gasteiger partial charge < -0.3 is 15.5 Å². The summed E-state index contributed by atoms with van der Waals surface area (Å²) in [5.74, 6) is -1.05. The van der Waals surface area contributed by atoms with Crippen molar-refractivity contribution in [2.75, 3.05) is 11.9 Å². The van der Waals surface area contributed by atoms with Gasteiger partial charge >= 0.3 is 5.97 Å². The summed E-state index contributed by atoms with van der Waals surface area (Å²) in [5, 5.41) is 22.2. The predicted octanol–water partition coefficient (Wildman–Crippen LogP) is 2.49. The Labute approximate surface area is 118 Å². The van der Waals surface area contributed by atoms with E-state index < -0.39 is 12.1 Å². The number of hydrogen-bond donors (Lipinski definition) is 3. The molecule has 6 heteroatoms. The normalized spacial score (nSPS) is 12.4. The van der Waals surface area contributed by atoms with Crippen molar-refractivity contribution < 1.29 is 15.0 Å². The van der Waals surface area contributed by atoms with Crippen molar-refractivity contribution in [3.05, 3.63) is 34.4 Å². The third-order valence-corrected chi connectivity index (χ3v) is 3.13. The molecule has 0 aliphatic carbocycles. The first kappa shape index (κ1) is 13.8. The minimum Gasteiger partial charge on any atom is -0.478 e. The molecule has 0 spiro atoms. The smallest absolute Gasteiger partial charge is 0.339 e. The number of carboxylic acid groups (broad SMARTS) is 1. The molecule has 1 aromatic heterocycles. The number of aliphatic hydroxyl groups is 1. The van der Waals surface area contributed by atoms with Gasteiger partial charge in [0.05, 0.1) is 17.3 Å². The second kappa shape index (κ2) is 5.54. The van der Waals surface area contributed by atoms with Crippen molar-refractivity contribution in [2.24, 2.45) is 0 Å². The van der Waals surface area contributed by atoms with Crippen LogP contribution in [-0.4, -0.2) is 33.8 Å². The number of pyridine rings is 1. The molecule has 0 amide bonds. The fourth-order valence-electron chi connectivity index (χ4n) is 1.77. The van der Waals surface area contributed by atoms with E-state index in [1.165, 1.54) is 6.20 Å². The van der Waals surface area contributed by atoms with Gasteiger partial charge in [0.15, 0.2) is 0 Å². The molecular weight excluding hydrogens is 312 g/mol. The van der Waals surface area contributed by atoms with Crippen molar-refractivity contribution in [3.8, 4) is 0 Å². The highest BCUT2D eigenvalue weighted by Crippen LogP contribution is 2.28. The Hall–Kier alpha value is -1.66. The van der Waals surface area contributed by atoms with Gasteiger partial charge in [-0.1, -0.05) is 15.9 Å². The number of carboxylic acids is 1. The van der Waals surface area contributed by atoms with Crippen molar-refractivity contribution in [1.82, 2.24) is 4.98 Å². The molecule has 2 aromatic rings. The molecule has 3 N–H and O–H groups in total. The lowest BCUT2D eigenvalue weighted by atomic mass is 10.1. The molecule has 19 heavy (non-hydrogen) atoms. The number of halogens is 1. The van der Waals surface area contributed by atoms with Crippen molar-refractivity contribution in [1.29, 1.82) is 0 Å². The van der Waals surface area contributed by atoms with Gasteiger partial charge in [-0.25, -0.2) is 4.79 Å². The fraction of sp³-hybridized carbons (Fsp3) is 0.231. The van der Waals surface area contributed by atoms with Crippen LogP contribution in [0.4, 0.5) is 5.69 Å². The number of benzene rings is 1. The summed E-state index contributed by atoms with van der Waals surface area (Å²) in [6.07, 6.45) is 0.750. The summed E-state index contributed by atoms with van der Waals surface area (Å²) in [6, 6.07) is 5.45. The summed E-state index contributed by atoms with van der Waals surface area (Å²) in [4.78, 5) is 15.4. The van der Waals surface area contributed by atoms with Gasteiger partial charge in [-0.15, -0.1) is 0 Å². The third kappa shape index (κ3) is 3.02. The zero-order valence-corrected chi connectivity index (χ0v) is 11.8. The van der Waals surface area contributed by atoms with Gasteiger partial charge in [-0.05, 0) is 25.1 Å². The Morgan fingerprint density at radius 2 is 2.26 bits per heavy atom. The van der Waals surface area contributed by atoms with Gasteiger partial charge in [0.2, 0.25) is 0 Å². The van der Waals surface area contributed by atoms with E-state index in [0.717, 1.165) is 4.47 Å². The number of fused-ring (bicyclic) bond motifs is 1. The van der Waals surface area contributed by atoms with E-state index in [1.807, 2.05) is 6.07 Å². The lowest BCUT2D eigenvalue weighted by Gasteiger charge is -2.14. The molecule has 0 aliphatic heterocycles. The van der Waals surface area contributed by atoms with Gasteiger partial charge in [-0.2, -0.15) is 0 Å². The largest absolute Gasteiger partial charge is 0.478 e. The van der Waals surface area contributed by atoms with Crippen LogP contribution in [0.5, 0.6) is 0 Å². The highest BCUT2D eigenvalue weighted by Gasteiger charge is 2.15. The maximum atomic E-state index is 11.2. The van der Waals surface area contributed by atoms with Crippen LogP contribution < -0.4 is 5.32 Å². The molecule has 1 aromatic carbocycles. The summed E-state index contributed by atoms with van der Waals surface area (Å²) in [5.41, 5.74) is 1.26. The molecule has 100 valence electrons. The fourth-order valence-corrected chi connectivity index (χ4v) is 2.13. The van der Waals surface area contributed by atoms with E-state index in [2.05, 4.69) is 26.2 Å². The summed E-state index contributed by atoms with van der Waals surface area (Å²) < 4.78 is 0.837. The maximum absolute atomic E-state index is 11.2. The molecule has 0 fully saturated rings. The average Bonchev–Trinajstić information content (AvgIpc) is 2.35. The summed E-state index contributed by atoms with van der Waals surface area (Å²) in [6.45, 7) is 1.90. The molecule has 0 aliphatic rings. The Morgan fingerprint density at radius 3 is 2.89 bits per heavy atom. The Balaban J connectivity index is 2.61. The van der Waals surface area contributed by atoms with E-state index in [-0.39, 0.29) is 12.1 Å². The number of aromatic carboxylic acids is 1. The first-order chi connectivity index (χ1) is 8.99. The lowest BCUT2D eigenvalue weighted by Crippen LogP contribution is -2.17. The molecule has 2 rings (SSSR count). The second-order valence-electron chi connectivity index (χ2n) is 4.24. The van der Waals surface area contributed by atoms with Crippen LogP contribution in [0.3, 0.4) is 0 Å². The van der Waals surface area contributed by atoms with Crippen molar-refractivity contribution in [2.45, 2.75) is 13.0 Å². The molecule has 0 saturated carbocycles. The van der Waals surface area contributed by atoms with E-state index in [0.29, 0.717) is 16.6 Å². The number of nitrogens with one attached hydrogen (secondary N) is 1. The van der Waals surface area contributed by atoms with E-state index in [1.54, 1.807) is 19.1 Å². The SMILES string of the molecule is CC(O)CNc1c(C(=O)O)cnc2ccc(Br)cc12. The number of nitrogens with zero attached hydrogens (tertiary/aromatic N) is 1. The van der Waals surface area contributed by atoms with Gasteiger partial charge in [0.25, 0.3) is 0 Å². The van der Waals surface area contributed by atoms with Gasteiger partial charge in [0.1, 0.15) is 5.56 Å². The topological polar surface area (TPSA) is 82.5 Å². The number of rotatable bonds is 4. The number of hydrogen-bond acceptors (Lipinski definition) is 4. The lowest BCUT2D eigenvalue weighted by molar-refractivity contribution is 0.0697. The van der Waals surface area contributed by atoms with Crippen LogP contribution in [0, 0.1) is 0 Å². The summed E-state index contributed by atoms with van der Waals surface area (Å²) in [7, 11) is 0. The van der Waals surface area contributed by atoms with E-state index in [9.17, 15) is 15.0 Å². The molecule has 0 saturated heterocycles. The van der Waals surface area contributed by atoms with E-state index >= 15 is 0 Å². The monoisotopic (exact) mass is 324 g/mol. The first-order valence-corrected chi connectivity index (χ1v) is 6.52. The second-order valence-corrected chi connectivity index (χ2v) is 5.16. The van der Waals surface area contributed by atoms with E-state index in [4.69, 9.17) is 0 Å². The van der Waals surface area contributed by atoms with Gasteiger partial charge in [0, 0.05) is 22.6 Å². The van der Waals surface area contributed by atoms with Crippen LogP contribution >= 0.6 is 15.9 Å². The highest BCUT2D eigenvalue weighted by atomic mass is 79.9. The van der Waals surface area contributed by atoms with Crippen LogP contribution in [-0.2, 0) is 0 Å². The molecule has 5 nitrogen and oxygen atoms in total. The van der Waals surface area contributed by atoms with Gasteiger partial charge in [-0.3, -0.25) is 4.98 Å². The maximum Gasteiger partial charge on any atom is 0.339 e. The highest BCUT2D eigenvalue weighted by molar-refractivity contribution is 9.10. The predicted molar refractivity (Wildman–Crippen MR) is 76.6 cm³/mol. The zero-order chi connectivity index (χ0) is 14.0. The zero-order valence-electron chi connectivity index (χ0n) is 10.2. The Kier molecular flexibility index (Phi) is 4.01. The standard InChI is InChI=1S/C13H13BrN2O3/c1-7(17)5-16-12-9-4-8(14)2-3-11(9)15-6-10(12)13(18)19/h2-4,6-7,17H,5H2,1H3,(H,15,16)(H,18,19). The Morgan fingerprint density at radius 1 is 1.53 bits per heavy atom. The molecule has 0 bridgehead atoms. The summed E-state index contributed by atoms with van der Waals surface area (Å²) >= 11 is 3.36. The molecule has 1 atom stereocenters. The quantitative estimate of drug-likeness (QED) is 0.804. The minimum atomic E-state index is -1.05. The van der Waals surface area contributed by atoms with Crippen molar-refractivity contribution >= 4 is 38.5 Å². The van der Waals surface area contributed by atoms with Crippen molar-refractivity contribution in [3.63, 3.8) is 0 Å². The van der Waals surface area contributed by atoms with Crippen LogP contribution in [0.1, 0.15) is 17.3 Å². The Bertz CT molecular complexity index is 629. The van der Waals surface area contributed by atoms with Crippen LogP contribution in [0.15, 0.2) is 28.9 Å². The first-order valence-electron chi connectivity index (χ1n) is 5.72. The molecule has 1 heterocycles. The molecular formula is C13H13BrN2O3. The number of anilines is 1. The van der Waals surface area contributed by atoms with Crippen LogP contribution in [0.25, 0.3) is 10.9 Å². The van der Waals surface area contributed by atoms with Crippen LogP contribution in [0.2, 0.25) is 0 Å². The molecule has 0 radical (unpaired) electrons. The number of carbonyl (C=O) groups is 1. The number of aliphatic hydroxyl groups excluding tert-OH is 1. The average molecular weight is 325 g/mol.